The van der Waals surface area contributed by atoms with Gasteiger partial charge in [-0.2, -0.15) is 0 Å². The van der Waals surface area contributed by atoms with Crippen LogP contribution in [0, 0.1) is 5.92 Å². The Morgan fingerprint density at radius 3 is 2.33 bits per heavy atom. The smallest absolute Gasteiger partial charge is 0.241 e. The first-order valence-corrected chi connectivity index (χ1v) is 9.09. The summed E-state index contributed by atoms with van der Waals surface area (Å²) in [5, 5.41) is 3.60. The number of carbonyl (C=O) groups is 1. The van der Waals surface area contributed by atoms with Crippen molar-refractivity contribution in [3.63, 3.8) is 0 Å². The van der Waals surface area contributed by atoms with Crippen LogP contribution in [-0.4, -0.2) is 29.1 Å². The molecule has 0 saturated carbocycles. The van der Waals surface area contributed by atoms with Crippen molar-refractivity contribution >= 4 is 5.91 Å². The topological polar surface area (TPSA) is 32.3 Å². The summed E-state index contributed by atoms with van der Waals surface area (Å²) >= 11 is 0. The number of hydrogen-bond acceptors (Lipinski definition) is 2. The summed E-state index contributed by atoms with van der Waals surface area (Å²) in [5.74, 6) is 0.962. The highest BCUT2D eigenvalue weighted by atomic mass is 16.2. The summed E-state index contributed by atoms with van der Waals surface area (Å²) < 4.78 is 0. The van der Waals surface area contributed by atoms with E-state index in [1.165, 1.54) is 19.3 Å². The molecule has 124 valence electrons. The van der Waals surface area contributed by atoms with Crippen LogP contribution in [0.5, 0.6) is 0 Å². The zero-order valence-electron chi connectivity index (χ0n) is 14.8. The van der Waals surface area contributed by atoms with Gasteiger partial charge < -0.3 is 4.90 Å². The summed E-state index contributed by atoms with van der Waals surface area (Å²) in [6.07, 6.45) is 9.47. The Balaban J connectivity index is 2.66. The lowest BCUT2D eigenvalue weighted by atomic mass is 10.0. The molecule has 1 amide bonds. The summed E-state index contributed by atoms with van der Waals surface area (Å²) in [6.45, 7) is 11.1. The van der Waals surface area contributed by atoms with Gasteiger partial charge in [0.05, 0.1) is 12.2 Å². The molecular formula is C18H36N2O. The van der Waals surface area contributed by atoms with Gasteiger partial charge in [0.2, 0.25) is 5.91 Å². The van der Waals surface area contributed by atoms with Gasteiger partial charge in [-0.1, -0.05) is 59.8 Å². The molecule has 3 atom stereocenters. The standard InChI is InChI=1S/C18H36N2O/c1-6-8-10-11-15(5)20-17(13-14(3)4)19-16(18(20)21)12-9-7-2/h14-17,19H,6-13H2,1-5H3. The minimum Gasteiger partial charge on any atom is -0.323 e. The zero-order chi connectivity index (χ0) is 15.8. The van der Waals surface area contributed by atoms with E-state index in [1.54, 1.807) is 0 Å². The molecule has 0 bridgehead atoms. The highest BCUT2D eigenvalue weighted by molar-refractivity contribution is 5.84. The summed E-state index contributed by atoms with van der Waals surface area (Å²) in [6, 6.07) is 0.425. The van der Waals surface area contributed by atoms with Crippen molar-refractivity contribution in [3.8, 4) is 0 Å². The quantitative estimate of drug-likeness (QED) is 0.609. The van der Waals surface area contributed by atoms with Gasteiger partial charge in [-0.3, -0.25) is 10.1 Å². The van der Waals surface area contributed by atoms with Gasteiger partial charge in [-0.25, -0.2) is 0 Å². The van der Waals surface area contributed by atoms with E-state index >= 15 is 0 Å². The summed E-state index contributed by atoms with van der Waals surface area (Å²) in [5.41, 5.74) is 0. The number of hydrogen-bond donors (Lipinski definition) is 1. The fraction of sp³-hybridized carbons (Fsp3) is 0.944. The molecule has 0 aliphatic carbocycles. The van der Waals surface area contributed by atoms with Gasteiger partial charge in [0.1, 0.15) is 0 Å². The Kier molecular flexibility index (Phi) is 8.31. The minimum absolute atomic E-state index is 0.0577. The Bertz CT molecular complexity index is 304. The highest BCUT2D eigenvalue weighted by Gasteiger charge is 2.40. The van der Waals surface area contributed by atoms with E-state index in [9.17, 15) is 4.79 Å². The SMILES string of the molecule is CCCCCC(C)N1C(=O)C(CCCC)NC1CC(C)C. The fourth-order valence-electron chi connectivity index (χ4n) is 3.31. The van der Waals surface area contributed by atoms with Crippen LogP contribution < -0.4 is 5.32 Å². The Morgan fingerprint density at radius 2 is 1.76 bits per heavy atom. The van der Waals surface area contributed by atoms with Crippen molar-refractivity contribution in [2.75, 3.05) is 0 Å². The van der Waals surface area contributed by atoms with Gasteiger partial charge >= 0.3 is 0 Å². The van der Waals surface area contributed by atoms with Crippen molar-refractivity contribution in [2.24, 2.45) is 5.92 Å². The van der Waals surface area contributed by atoms with Gasteiger partial charge in [0.15, 0.2) is 0 Å². The number of carbonyl (C=O) groups excluding carboxylic acids is 1. The molecule has 1 heterocycles. The average Bonchev–Trinajstić information content (AvgIpc) is 2.72. The molecular weight excluding hydrogens is 260 g/mol. The van der Waals surface area contributed by atoms with Crippen LogP contribution in [-0.2, 0) is 4.79 Å². The second-order valence-corrected chi connectivity index (χ2v) is 7.10. The van der Waals surface area contributed by atoms with Gasteiger partial charge in [0.25, 0.3) is 0 Å². The van der Waals surface area contributed by atoms with Crippen molar-refractivity contribution in [1.29, 1.82) is 0 Å². The monoisotopic (exact) mass is 296 g/mol. The first-order valence-electron chi connectivity index (χ1n) is 9.09. The van der Waals surface area contributed by atoms with Crippen LogP contribution in [0.2, 0.25) is 0 Å². The second kappa shape index (κ2) is 9.45. The third-order valence-electron chi connectivity index (χ3n) is 4.52. The molecule has 0 aromatic carbocycles. The Morgan fingerprint density at radius 1 is 1.10 bits per heavy atom. The van der Waals surface area contributed by atoms with Crippen LogP contribution in [0.15, 0.2) is 0 Å². The van der Waals surface area contributed by atoms with E-state index in [1.807, 2.05) is 0 Å². The maximum absolute atomic E-state index is 12.7. The van der Waals surface area contributed by atoms with E-state index in [4.69, 9.17) is 0 Å². The second-order valence-electron chi connectivity index (χ2n) is 7.10. The van der Waals surface area contributed by atoms with Crippen LogP contribution in [0.4, 0.5) is 0 Å². The molecule has 3 nitrogen and oxygen atoms in total. The van der Waals surface area contributed by atoms with Crippen LogP contribution in [0.1, 0.15) is 86.0 Å². The van der Waals surface area contributed by atoms with Crippen molar-refractivity contribution in [2.45, 2.75) is 104 Å². The number of amides is 1. The molecule has 3 unspecified atom stereocenters. The summed E-state index contributed by atoms with van der Waals surface area (Å²) in [7, 11) is 0. The molecule has 0 aromatic heterocycles. The number of nitrogens with one attached hydrogen (secondary N) is 1. The lowest BCUT2D eigenvalue weighted by molar-refractivity contribution is -0.132. The molecule has 0 radical (unpaired) electrons. The number of nitrogens with zero attached hydrogens (tertiary/aromatic N) is 1. The maximum Gasteiger partial charge on any atom is 0.241 e. The Hall–Kier alpha value is -0.570. The Labute approximate surface area is 131 Å². The van der Waals surface area contributed by atoms with Crippen LogP contribution >= 0.6 is 0 Å². The van der Waals surface area contributed by atoms with E-state index in [0.29, 0.717) is 17.9 Å². The van der Waals surface area contributed by atoms with E-state index in [-0.39, 0.29) is 12.2 Å². The summed E-state index contributed by atoms with van der Waals surface area (Å²) in [4.78, 5) is 14.9. The lowest BCUT2D eigenvalue weighted by Crippen LogP contribution is -2.44. The first-order chi connectivity index (χ1) is 10.0. The molecule has 1 aliphatic heterocycles. The van der Waals surface area contributed by atoms with Crippen LogP contribution in [0.25, 0.3) is 0 Å². The van der Waals surface area contributed by atoms with Crippen molar-refractivity contribution in [1.82, 2.24) is 10.2 Å². The van der Waals surface area contributed by atoms with Gasteiger partial charge in [-0.15, -0.1) is 0 Å². The van der Waals surface area contributed by atoms with E-state index in [2.05, 4.69) is 44.8 Å². The normalized spacial score (nSPS) is 24.1. The molecule has 3 heteroatoms. The maximum atomic E-state index is 12.7. The van der Waals surface area contributed by atoms with E-state index < -0.39 is 0 Å². The third kappa shape index (κ3) is 5.61. The predicted octanol–water partition coefficient (Wildman–Crippen LogP) is 4.32. The third-order valence-corrected chi connectivity index (χ3v) is 4.52. The number of rotatable bonds is 10. The molecule has 1 fully saturated rings. The predicted molar refractivity (Wildman–Crippen MR) is 90.1 cm³/mol. The first kappa shape index (κ1) is 18.5. The molecule has 0 spiro atoms. The molecule has 1 N–H and O–H groups in total. The molecule has 21 heavy (non-hydrogen) atoms. The molecule has 1 saturated heterocycles. The van der Waals surface area contributed by atoms with Crippen molar-refractivity contribution < 1.29 is 4.79 Å². The molecule has 1 rings (SSSR count). The fourth-order valence-corrected chi connectivity index (χ4v) is 3.31. The highest BCUT2D eigenvalue weighted by Crippen LogP contribution is 2.24. The minimum atomic E-state index is 0.0577. The molecule has 1 aliphatic rings. The lowest BCUT2D eigenvalue weighted by Gasteiger charge is -2.31. The number of unbranched alkanes of at least 4 members (excludes halogenated alkanes) is 3. The largest absolute Gasteiger partial charge is 0.323 e. The van der Waals surface area contributed by atoms with Crippen LogP contribution in [0.3, 0.4) is 0 Å². The average molecular weight is 296 g/mol. The van der Waals surface area contributed by atoms with Crippen molar-refractivity contribution in [3.05, 3.63) is 0 Å². The molecule has 0 aromatic rings. The van der Waals surface area contributed by atoms with Gasteiger partial charge in [0, 0.05) is 6.04 Å². The zero-order valence-corrected chi connectivity index (χ0v) is 14.8. The van der Waals surface area contributed by atoms with Gasteiger partial charge in [-0.05, 0) is 32.1 Å². The van der Waals surface area contributed by atoms with E-state index in [0.717, 1.165) is 32.1 Å².